The first kappa shape index (κ1) is 24.1. The molecule has 7 aromatic rings. The Morgan fingerprint density at radius 1 is 0.975 bits per heavy atom. The number of H-pyrrole nitrogens is 1. The second kappa shape index (κ2) is 9.62. The summed E-state index contributed by atoms with van der Waals surface area (Å²) in [5.74, 6) is 1.58. The number of hydrogen-bond donors (Lipinski definition) is 2. The van der Waals surface area contributed by atoms with Crippen molar-refractivity contribution in [3.63, 3.8) is 0 Å². The molecule has 0 saturated heterocycles. The maximum atomic E-state index is 12.6. The molecule has 4 heterocycles. The van der Waals surface area contributed by atoms with E-state index < -0.39 is 0 Å². The predicted octanol–water partition coefficient (Wildman–Crippen LogP) is 7.11. The van der Waals surface area contributed by atoms with Crippen molar-refractivity contribution < 1.29 is 9.53 Å². The lowest BCUT2D eigenvalue weighted by molar-refractivity contribution is 0.0947. The van der Waals surface area contributed by atoms with Gasteiger partial charge in [0.05, 0.1) is 22.0 Å². The number of fused-ring (bicyclic) bond motifs is 3. The van der Waals surface area contributed by atoms with E-state index in [1.54, 1.807) is 6.20 Å². The molecule has 0 saturated carbocycles. The molecular weight excluding hydrogens is 520 g/mol. The minimum atomic E-state index is -0.0682. The maximum Gasteiger partial charge on any atom is 0.261 e. The number of ether oxygens (including phenoxy) is 1. The summed E-state index contributed by atoms with van der Waals surface area (Å²) in [4.78, 5) is 23.2. The summed E-state index contributed by atoms with van der Waals surface area (Å²) < 4.78 is 9.40. The number of thiophene rings is 1. The summed E-state index contributed by atoms with van der Waals surface area (Å²) in [6.45, 7) is 3.91. The van der Waals surface area contributed by atoms with Gasteiger partial charge in [0.15, 0.2) is 11.5 Å². The summed E-state index contributed by atoms with van der Waals surface area (Å²) in [6.07, 6.45) is 3.74. The van der Waals surface area contributed by atoms with E-state index in [4.69, 9.17) is 14.7 Å². The summed E-state index contributed by atoms with van der Waals surface area (Å²) in [6, 6.07) is 25.8. The first-order valence-corrected chi connectivity index (χ1v) is 13.7. The smallest absolute Gasteiger partial charge is 0.261 e. The van der Waals surface area contributed by atoms with Crippen molar-refractivity contribution in [3.05, 3.63) is 96.1 Å². The van der Waals surface area contributed by atoms with Gasteiger partial charge in [-0.05, 0) is 67.8 Å². The van der Waals surface area contributed by atoms with Gasteiger partial charge >= 0.3 is 0 Å². The topological polar surface area (TPSA) is 97.7 Å². The number of nitrogens with one attached hydrogen (secondary N) is 2. The van der Waals surface area contributed by atoms with Crippen LogP contribution in [0.15, 0.2) is 91.3 Å². The fraction of sp³-hybridized carbons (Fsp3) is 0.0968. The lowest BCUT2D eigenvalue weighted by Crippen LogP contribution is -2.29. The molecule has 8 nitrogen and oxygen atoms in total. The van der Waals surface area contributed by atoms with Crippen LogP contribution in [0, 0.1) is 0 Å². The molecule has 4 aromatic heterocycles. The number of amides is 1. The van der Waals surface area contributed by atoms with E-state index in [0.717, 1.165) is 43.3 Å². The summed E-state index contributed by atoms with van der Waals surface area (Å²) >= 11 is 1.46. The Balaban J connectivity index is 1.36. The number of hydrogen-bond acceptors (Lipinski definition) is 6. The second-order valence-corrected chi connectivity index (χ2v) is 10.9. The lowest BCUT2D eigenvalue weighted by atomic mass is 10.1. The molecule has 0 radical (unpaired) electrons. The average Bonchev–Trinajstić information content (AvgIpc) is 3.70. The van der Waals surface area contributed by atoms with Crippen molar-refractivity contribution in [3.8, 4) is 28.7 Å². The minimum Gasteiger partial charge on any atom is -0.438 e. The van der Waals surface area contributed by atoms with Crippen LogP contribution in [-0.4, -0.2) is 36.7 Å². The molecule has 0 atom stereocenters. The normalized spacial score (nSPS) is 11.6. The molecular formula is C31H24N6O2S. The highest BCUT2D eigenvalue weighted by atomic mass is 32.1. The molecule has 0 aliphatic heterocycles. The molecule has 7 rings (SSSR count). The maximum absolute atomic E-state index is 12.6. The van der Waals surface area contributed by atoms with Gasteiger partial charge in [-0.3, -0.25) is 9.89 Å². The van der Waals surface area contributed by atoms with Gasteiger partial charge in [0, 0.05) is 33.6 Å². The second-order valence-electron chi connectivity index (χ2n) is 9.82. The van der Waals surface area contributed by atoms with Crippen LogP contribution in [0.4, 0.5) is 0 Å². The van der Waals surface area contributed by atoms with Crippen LogP contribution >= 0.6 is 11.3 Å². The van der Waals surface area contributed by atoms with Crippen LogP contribution in [0.3, 0.4) is 0 Å². The lowest BCUT2D eigenvalue weighted by Gasteiger charge is -2.11. The molecule has 40 heavy (non-hydrogen) atoms. The number of aromatic amines is 1. The SMILES string of the molecule is CC(C)NC(=O)c1cc2ccc(-c3nc(Oc4ccc5[nH]ncc5c4)c4ccn(-c5ccccc5)c4n3)cc2s1. The summed E-state index contributed by atoms with van der Waals surface area (Å²) in [5.41, 5.74) is 3.49. The van der Waals surface area contributed by atoms with Gasteiger partial charge in [-0.25, -0.2) is 4.98 Å². The van der Waals surface area contributed by atoms with Crippen LogP contribution < -0.4 is 10.1 Å². The summed E-state index contributed by atoms with van der Waals surface area (Å²) in [7, 11) is 0. The van der Waals surface area contributed by atoms with Crippen molar-refractivity contribution in [2.45, 2.75) is 19.9 Å². The van der Waals surface area contributed by atoms with E-state index >= 15 is 0 Å². The average molecular weight is 545 g/mol. The first-order valence-electron chi connectivity index (χ1n) is 12.9. The highest BCUT2D eigenvalue weighted by Gasteiger charge is 2.18. The molecule has 1 amide bonds. The number of carbonyl (C=O) groups excluding carboxylic acids is 1. The third-order valence-electron chi connectivity index (χ3n) is 6.59. The van der Waals surface area contributed by atoms with E-state index in [1.807, 2.05) is 103 Å². The third-order valence-corrected chi connectivity index (χ3v) is 7.69. The molecule has 2 N–H and O–H groups in total. The van der Waals surface area contributed by atoms with E-state index in [-0.39, 0.29) is 11.9 Å². The number of rotatable bonds is 6. The standard InChI is InChI=1S/C31H24N6O2S/c1-18(2)33-30(38)27-15-19-8-9-20(16-26(19)40-27)28-34-29-24(12-13-37(29)22-6-4-3-5-7-22)31(35-28)39-23-10-11-25-21(14-23)17-32-36-25/h3-18H,1-2H3,(H,32,36)(H,33,38). The Morgan fingerprint density at radius 2 is 1.85 bits per heavy atom. The molecule has 196 valence electrons. The molecule has 0 aliphatic carbocycles. The fourth-order valence-electron chi connectivity index (χ4n) is 4.70. The molecule has 0 fully saturated rings. The quantitative estimate of drug-likeness (QED) is 0.233. The van der Waals surface area contributed by atoms with E-state index in [1.165, 1.54) is 11.3 Å². The highest BCUT2D eigenvalue weighted by Crippen LogP contribution is 2.35. The molecule has 0 unspecified atom stereocenters. The minimum absolute atomic E-state index is 0.0682. The van der Waals surface area contributed by atoms with Crippen molar-refractivity contribution in [1.29, 1.82) is 0 Å². The Hall–Kier alpha value is -5.02. The zero-order valence-corrected chi connectivity index (χ0v) is 22.6. The van der Waals surface area contributed by atoms with Gasteiger partial charge in [0.25, 0.3) is 5.91 Å². The van der Waals surface area contributed by atoms with E-state index in [0.29, 0.717) is 22.3 Å². The van der Waals surface area contributed by atoms with Gasteiger partial charge < -0.3 is 14.6 Å². The van der Waals surface area contributed by atoms with Crippen LogP contribution in [0.25, 0.3) is 49.1 Å². The summed E-state index contributed by atoms with van der Waals surface area (Å²) in [5, 5.41) is 12.8. The van der Waals surface area contributed by atoms with Gasteiger partial charge in [0.1, 0.15) is 5.75 Å². The Kier molecular flexibility index (Phi) is 5.78. The number of para-hydroxylation sites is 1. The molecule has 9 heteroatoms. The Morgan fingerprint density at radius 3 is 2.70 bits per heavy atom. The predicted molar refractivity (Wildman–Crippen MR) is 158 cm³/mol. The third kappa shape index (κ3) is 4.36. The van der Waals surface area contributed by atoms with Crippen LogP contribution in [0.5, 0.6) is 11.6 Å². The van der Waals surface area contributed by atoms with E-state index in [2.05, 4.69) is 15.5 Å². The van der Waals surface area contributed by atoms with Crippen molar-refractivity contribution >= 4 is 49.3 Å². The molecule has 3 aromatic carbocycles. The number of carbonyl (C=O) groups is 1. The monoisotopic (exact) mass is 544 g/mol. The zero-order valence-electron chi connectivity index (χ0n) is 21.8. The van der Waals surface area contributed by atoms with E-state index in [9.17, 15) is 4.79 Å². The number of benzene rings is 3. The van der Waals surface area contributed by atoms with Gasteiger partial charge in [-0.1, -0.05) is 30.3 Å². The zero-order chi connectivity index (χ0) is 27.2. The van der Waals surface area contributed by atoms with Crippen molar-refractivity contribution in [1.82, 2.24) is 30.0 Å². The Labute approximate surface area is 233 Å². The largest absolute Gasteiger partial charge is 0.438 e. The van der Waals surface area contributed by atoms with Crippen molar-refractivity contribution in [2.75, 3.05) is 0 Å². The fourth-order valence-corrected chi connectivity index (χ4v) is 5.71. The van der Waals surface area contributed by atoms with Crippen LogP contribution in [0.1, 0.15) is 23.5 Å². The first-order chi connectivity index (χ1) is 19.5. The van der Waals surface area contributed by atoms with Gasteiger partial charge in [-0.15, -0.1) is 11.3 Å². The molecule has 0 spiro atoms. The van der Waals surface area contributed by atoms with Gasteiger partial charge in [0.2, 0.25) is 5.88 Å². The molecule has 0 aliphatic rings. The van der Waals surface area contributed by atoms with Crippen LogP contribution in [-0.2, 0) is 0 Å². The highest BCUT2D eigenvalue weighted by molar-refractivity contribution is 7.20. The number of nitrogens with zero attached hydrogens (tertiary/aromatic N) is 4. The van der Waals surface area contributed by atoms with Crippen LogP contribution in [0.2, 0.25) is 0 Å². The Bertz CT molecular complexity index is 2020. The molecule has 0 bridgehead atoms. The van der Waals surface area contributed by atoms with Crippen molar-refractivity contribution in [2.24, 2.45) is 0 Å². The number of aromatic nitrogens is 5. The van der Waals surface area contributed by atoms with Gasteiger partial charge in [-0.2, -0.15) is 10.1 Å².